The highest BCUT2D eigenvalue weighted by molar-refractivity contribution is 5.78. The van der Waals surface area contributed by atoms with Gasteiger partial charge in [-0.25, -0.2) is 29.9 Å². The van der Waals surface area contributed by atoms with E-state index >= 15 is 0 Å². The molecule has 0 unspecified atom stereocenters. The third-order valence-electron chi connectivity index (χ3n) is 10.7. The van der Waals surface area contributed by atoms with Gasteiger partial charge in [0.15, 0.2) is 34.9 Å². The first-order valence-electron chi connectivity index (χ1n) is 22.2. The molecule has 0 radical (unpaired) electrons. The van der Waals surface area contributed by atoms with E-state index in [1.54, 1.807) is 24.3 Å². The molecule has 0 saturated heterocycles. The average Bonchev–Trinajstić information content (AvgIpc) is 3.37. The van der Waals surface area contributed by atoms with Crippen LogP contribution in [0.3, 0.4) is 0 Å². The molecular weight excluding hydrogens is 845 g/mol. The van der Waals surface area contributed by atoms with Crippen LogP contribution in [-0.4, -0.2) is 71.7 Å². The third-order valence-corrected chi connectivity index (χ3v) is 10.7. The third kappa shape index (κ3) is 12.5. The molecule has 8 rings (SSSR count). The van der Waals surface area contributed by atoms with Crippen LogP contribution in [-0.2, 0) is 14.3 Å². The summed E-state index contributed by atoms with van der Waals surface area (Å²) in [7, 11) is 0. The number of esters is 1. The number of phenolic OH excluding ortho intramolecular Hbond substituents is 2. The number of nitrogens with zero attached hydrogens (tertiary/aromatic N) is 6. The molecule has 67 heavy (non-hydrogen) atoms. The van der Waals surface area contributed by atoms with Crippen LogP contribution >= 0.6 is 0 Å². The SMILES string of the molecule is O=C(CCCCCCC(=O)OCCOc1ccc(-c2nc(-c3ccccc3)nc(-c3ccccc3)n2)c(O)c1)CCOc1ccc(-c2nc(-c3ccccc3)nc(-c3ccccc3)n2)c(O)c1. The second-order valence-electron chi connectivity index (χ2n) is 15.6. The molecule has 0 amide bonds. The number of benzene rings is 6. The minimum Gasteiger partial charge on any atom is -0.507 e. The lowest BCUT2D eigenvalue weighted by Crippen LogP contribution is -2.12. The quantitative estimate of drug-likeness (QED) is 0.0514. The van der Waals surface area contributed by atoms with Gasteiger partial charge in [0.1, 0.15) is 42.0 Å². The van der Waals surface area contributed by atoms with E-state index in [1.807, 2.05) is 121 Å². The Balaban J connectivity index is 0.722. The van der Waals surface area contributed by atoms with Gasteiger partial charge in [-0.05, 0) is 37.1 Å². The standard InChI is InChI=1S/C54H48N6O7/c61-41(31-32-65-42-27-29-44(46(62)35-42)53-57-49(37-17-7-3-8-18-37)55-50(58-53)38-19-9-4-10-20-38)25-15-1-2-16-26-48(64)67-34-33-66-43-28-30-45(47(63)36-43)54-59-51(39-21-11-5-12-22-39)56-52(60-54)40-23-13-6-14-24-40/h3-14,17-24,27-30,35-36,62-63H,1-2,15-16,25-26,31-34H2. The molecule has 0 aliphatic rings. The monoisotopic (exact) mass is 892 g/mol. The summed E-state index contributed by atoms with van der Waals surface area (Å²) in [4.78, 5) is 53.0. The van der Waals surface area contributed by atoms with Crippen LogP contribution in [0.5, 0.6) is 23.0 Å². The van der Waals surface area contributed by atoms with Crippen molar-refractivity contribution in [2.24, 2.45) is 0 Å². The van der Waals surface area contributed by atoms with E-state index in [-0.39, 0.29) is 55.9 Å². The number of hydrogen-bond donors (Lipinski definition) is 2. The Hall–Kier alpha value is -8.32. The first-order valence-corrected chi connectivity index (χ1v) is 22.2. The second-order valence-corrected chi connectivity index (χ2v) is 15.6. The number of aromatic hydroxyl groups is 2. The fourth-order valence-electron chi connectivity index (χ4n) is 7.18. The van der Waals surface area contributed by atoms with Gasteiger partial charge in [0.25, 0.3) is 0 Å². The van der Waals surface area contributed by atoms with Crippen molar-refractivity contribution in [1.29, 1.82) is 0 Å². The second kappa shape index (κ2) is 22.5. The van der Waals surface area contributed by atoms with Crippen molar-refractivity contribution in [3.05, 3.63) is 158 Å². The maximum absolute atomic E-state index is 12.6. The Labute approximate surface area is 388 Å². The summed E-state index contributed by atoms with van der Waals surface area (Å²) in [6, 6.07) is 48.2. The van der Waals surface area contributed by atoms with Gasteiger partial charge in [-0.1, -0.05) is 134 Å². The Bertz CT molecular complexity index is 2790. The van der Waals surface area contributed by atoms with Gasteiger partial charge < -0.3 is 24.4 Å². The number of hydrogen-bond acceptors (Lipinski definition) is 13. The lowest BCUT2D eigenvalue weighted by Gasteiger charge is -2.11. The maximum atomic E-state index is 12.6. The molecule has 2 heterocycles. The van der Waals surface area contributed by atoms with Crippen LogP contribution < -0.4 is 9.47 Å². The van der Waals surface area contributed by atoms with Crippen molar-refractivity contribution in [2.75, 3.05) is 19.8 Å². The van der Waals surface area contributed by atoms with Gasteiger partial charge in [0.05, 0.1) is 17.7 Å². The molecule has 0 aliphatic carbocycles. The fourth-order valence-corrected chi connectivity index (χ4v) is 7.18. The first-order chi connectivity index (χ1) is 32.9. The zero-order valence-corrected chi connectivity index (χ0v) is 36.7. The average molecular weight is 893 g/mol. The fraction of sp³-hybridized carbons (Fsp3) is 0.185. The highest BCUT2D eigenvalue weighted by atomic mass is 16.6. The normalized spacial score (nSPS) is 10.9. The molecular formula is C54H48N6O7. The molecule has 2 aromatic heterocycles. The zero-order chi connectivity index (χ0) is 46.2. The number of unbranched alkanes of at least 4 members (excludes halogenated alkanes) is 3. The van der Waals surface area contributed by atoms with Crippen molar-refractivity contribution in [2.45, 2.75) is 44.9 Å². The molecule has 13 heteroatoms. The Morgan fingerprint density at radius 3 is 1.16 bits per heavy atom. The van der Waals surface area contributed by atoms with Crippen LogP contribution in [0.2, 0.25) is 0 Å². The van der Waals surface area contributed by atoms with Crippen LogP contribution in [0.1, 0.15) is 44.9 Å². The molecule has 0 fully saturated rings. The molecule has 0 atom stereocenters. The number of carbonyl (C=O) groups excluding carboxylic acids is 2. The number of phenols is 2. The van der Waals surface area contributed by atoms with Crippen LogP contribution in [0, 0.1) is 0 Å². The molecule has 0 aliphatic heterocycles. The summed E-state index contributed by atoms with van der Waals surface area (Å²) in [5.74, 6) is 3.05. The summed E-state index contributed by atoms with van der Waals surface area (Å²) in [5.41, 5.74) is 4.14. The molecule has 2 N–H and O–H groups in total. The predicted molar refractivity (Wildman–Crippen MR) is 255 cm³/mol. The smallest absolute Gasteiger partial charge is 0.305 e. The lowest BCUT2D eigenvalue weighted by atomic mass is 10.1. The Morgan fingerprint density at radius 2 is 0.761 bits per heavy atom. The summed E-state index contributed by atoms with van der Waals surface area (Å²) in [6.07, 6.45) is 3.86. The maximum Gasteiger partial charge on any atom is 0.305 e. The van der Waals surface area contributed by atoms with Gasteiger partial charge in [0.2, 0.25) is 0 Å². The van der Waals surface area contributed by atoms with E-state index in [1.165, 1.54) is 12.1 Å². The van der Waals surface area contributed by atoms with Crippen LogP contribution in [0.15, 0.2) is 158 Å². The van der Waals surface area contributed by atoms with Gasteiger partial charge in [0, 0.05) is 53.6 Å². The summed E-state index contributed by atoms with van der Waals surface area (Å²) in [5, 5.41) is 22.0. The molecule has 0 saturated carbocycles. The first kappa shape index (κ1) is 45.3. The highest BCUT2D eigenvalue weighted by Gasteiger charge is 2.17. The number of aromatic nitrogens is 6. The molecule has 6 aromatic carbocycles. The van der Waals surface area contributed by atoms with Crippen LogP contribution in [0.4, 0.5) is 0 Å². The van der Waals surface area contributed by atoms with E-state index in [0.717, 1.165) is 35.1 Å². The van der Waals surface area contributed by atoms with Gasteiger partial charge in [-0.15, -0.1) is 0 Å². The van der Waals surface area contributed by atoms with Crippen molar-refractivity contribution < 1.29 is 34.0 Å². The number of ketones is 1. The van der Waals surface area contributed by atoms with Gasteiger partial charge >= 0.3 is 5.97 Å². The van der Waals surface area contributed by atoms with Crippen molar-refractivity contribution in [3.63, 3.8) is 0 Å². The van der Waals surface area contributed by atoms with Gasteiger partial charge in [-0.3, -0.25) is 9.59 Å². The van der Waals surface area contributed by atoms with E-state index < -0.39 is 0 Å². The number of rotatable bonds is 21. The van der Waals surface area contributed by atoms with Crippen molar-refractivity contribution in [1.82, 2.24) is 29.9 Å². The topological polar surface area (TPSA) is 180 Å². The zero-order valence-electron chi connectivity index (χ0n) is 36.7. The Morgan fingerprint density at radius 1 is 0.388 bits per heavy atom. The number of Topliss-reactive ketones (excluding diaryl/α,β-unsaturated/α-hetero) is 1. The number of carbonyl (C=O) groups is 2. The highest BCUT2D eigenvalue weighted by Crippen LogP contribution is 2.34. The predicted octanol–water partition coefficient (Wildman–Crippen LogP) is 10.8. The van der Waals surface area contributed by atoms with E-state index in [4.69, 9.17) is 24.2 Å². The number of ether oxygens (including phenoxy) is 3. The van der Waals surface area contributed by atoms with E-state index in [9.17, 15) is 19.8 Å². The molecule has 8 aromatic rings. The van der Waals surface area contributed by atoms with Crippen molar-refractivity contribution >= 4 is 11.8 Å². The van der Waals surface area contributed by atoms with E-state index in [0.29, 0.717) is 76.8 Å². The largest absolute Gasteiger partial charge is 0.507 e. The Kier molecular flexibility index (Phi) is 15.2. The minimum absolute atomic E-state index is 0.0532. The summed E-state index contributed by atoms with van der Waals surface area (Å²) in [6.45, 7) is 0.339. The summed E-state index contributed by atoms with van der Waals surface area (Å²) >= 11 is 0. The van der Waals surface area contributed by atoms with Crippen LogP contribution in [0.25, 0.3) is 68.3 Å². The molecule has 336 valence electrons. The van der Waals surface area contributed by atoms with Gasteiger partial charge in [-0.2, -0.15) is 0 Å². The van der Waals surface area contributed by atoms with E-state index in [2.05, 4.69) is 19.9 Å². The summed E-state index contributed by atoms with van der Waals surface area (Å²) < 4.78 is 16.9. The van der Waals surface area contributed by atoms with Crippen molar-refractivity contribution in [3.8, 4) is 91.3 Å². The minimum atomic E-state index is -0.325. The molecule has 0 bridgehead atoms. The lowest BCUT2D eigenvalue weighted by molar-refractivity contribution is -0.144. The molecule has 13 nitrogen and oxygen atoms in total. The molecule has 0 spiro atoms.